The van der Waals surface area contributed by atoms with Crippen LogP contribution in [0.4, 0.5) is 20.8 Å². The van der Waals surface area contributed by atoms with Gasteiger partial charge in [-0.25, -0.2) is 19.2 Å². The third-order valence-electron chi connectivity index (χ3n) is 6.62. The third-order valence-corrected chi connectivity index (χ3v) is 6.62. The maximum Gasteiger partial charge on any atom is 0.319 e. The number of benzene rings is 1. The van der Waals surface area contributed by atoms with E-state index in [-0.39, 0.29) is 11.7 Å². The summed E-state index contributed by atoms with van der Waals surface area (Å²) in [5.41, 5.74) is 1.24. The molecule has 0 bridgehead atoms. The maximum absolute atomic E-state index is 13.7. The maximum atomic E-state index is 13.7. The highest BCUT2D eigenvalue weighted by Crippen LogP contribution is 2.45. The summed E-state index contributed by atoms with van der Waals surface area (Å²) in [4.78, 5) is 23.3. The Labute approximate surface area is 191 Å². The van der Waals surface area contributed by atoms with E-state index in [0.29, 0.717) is 47.4 Å². The molecule has 0 radical (unpaired) electrons. The van der Waals surface area contributed by atoms with Crippen LogP contribution in [0.5, 0.6) is 0 Å². The van der Waals surface area contributed by atoms with Crippen molar-refractivity contribution in [1.82, 2.24) is 15.3 Å². The van der Waals surface area contributed by atoms with E-state index in [1.54, 1.807) is 18.5 Å². The zero-order valence-electron chi connectivity index (χ0n) is 18.9. The molecule has 2 amide bonds. The van der Waals surface area contributed by atoms with Crippen LogP contribution >= 0.6 is 0 Å². The molecule has 1 saturated carbocycles. The summed E-state index contributed by atoms with van der Waals surface area (Å²) in [7, 11) is 0. The summed E-state index contributed by atoms with van der Waals surface area (Å²) in [5.74, 6) is 1.25. The number of hydrogen-bond donors (Lipinski definition) is 3. The summed E-state index contributed by atoms with van der Waals surface area (Å²) >= 11 is 0. The van der Waals surface area contributed by atoms with E-state index in [1.807, 2.05) is 25.7 Å². The van der Waals surface area contributed by atoms with Crippen molar-refractivity contribution in [1.29, 1.82) is 0 Å². The number of furan rings is 1. The zero-order chi connectivity index (χ0) is 23.3. The minimum atomic E-state index is -0.605. The molecule has 9 heteroatoms. The van der Waals surface area contributed by atoms with E-state index >= 15 is 0 Å². The number of carbonyl (C=O) groups excluding carboxylic acids is 1. The number of rotatable bonds is 6. The van der Waals surface area contributed by atoms with Gasteiger partial charge in [-0.15, -0.1) is 0 Å². The predicted octanol–water partition coefficient (Wildman–Crippen LogP) is 4.15. The van der Waals surface area contributed by atoms with Crippen LogP contribution in [-0.4, -0.2) is 39.8 Å². The minimum absolute atomic E-state index is 0.0371. The lowest BCUT2D eigenvalue weighted by molar-refractivity contribution is -0.0102. The first-order chi connectivity index (χ1) is 15.7. The fourth-order valence-corrected chi connectivity index (χ4v) is 4.54. The predicted molar refractivity (Wildman–Crippen MR) is 123 cm³/mol. The topological polar surface area (TPSA) is 104 Å². The first-order valence-electron chi connectivity index (χ1n) is 11.3. The molecule has 1 saturated heterocycles. The standard InChI is InChI=1S/C24H28FN5O3/c1-13(2)20(21-14(3)18-8-16(25)6-7-19(18)33-21)29-23(31)28-17-9-26-22(27-10-17)30-11-24(32,12-30)15-4-5-15/h6-10,13,15,20,32H,4-5,11-12H2,1-3H3,(H2,28,29,31)/t20-/m0/s1. The van der Waals surface area contributed by atoms with Gasteiger partial charge in [0.2, 0.25) is 5.95 Å². The van der Waals surface area contributed by atoms with Crippen LogP contribution in [-0.2, 0) is 0 Å². The molecular formula is C24H28FN5O3. The van der Waals surface area contributed by atoms with Crippen LogP contribution in [0.15, 0.2) is 35.0 Å². The minimum Gasteiger partial charge on any atom is -0.459 e. The van der Waals surface area contributed by atoms with Gasteiger partial charge in [0.05, 0.1) is 37.2 Å². The summed E-state index contributed by atoms with van der Waals surface area (Å²) in [6.45, 7) is 6.91. The SMILES string of the molecule is Cc1c([C@@H](NC(=O)Nc2cnc(N3CC(O)(C4CC4)C3)nc2)C(C)C)oc2ccc(F)cc12. The first-order valence-corrected chi connectivity index (χ1v) is 11.3. The number of β-amino-alcohol motifs (C(OH)–C–C–N with tert-alkyl or cyclic N) is 1. The summed E-state index contributed by atoms with van der Waals surface area (Å²) in [5, 5.41) is 16.9. The van der Waals surface area contributed by atoms with E-state index in [2.05, 4.69) is 20.6 Å². The molecule has 1 aromatic carbocycles. The Hall–Kier alpha value is -3.20. The van der Waals surface area contributed by atoms with Gasteiger partial charge in [0.15, 0.2) is 0 Å². The second-order valence-corrected chi connectivity index (χ2v) is 9.56. The van der Waals surface area contributed by atoms with Crippen molar-refractivity contribution >= 4 is 28.6 Å². The number of nitrogens with one attached hydrogen (secondary N) is 2. The van der Waals surface area contributed by atoms with Crippen LogP contribution in [0.3, 0.4) is 0 Å². The monoisotopic (exact) mass is 453 g/mol. The molecule has 3 heterocycles. The molecule has 3 aromatic rings. The quantitative estimate of drug-likeness (QED) is 0.518. The fraction of sp³-hybridized carbons (Fsp3) is 0.458. The molecule has 33 heavy (non-hydrogen) atoms. The first kappa shape index (κ1) is 21.6. The summed E-state index contributed by atoms with van der Waals surface area (Å²) in [6.07, 6.45) is 5.28. The number of aryl methyl sites for hydroxylation is 1. The Kier molecular flexibility index (Phi) is 5.23. The van der Waals surface area contributed by atoms with Gasteiger partial charge in [-0.3, -0.25) is 0 Å². The Morgan fingerprint density at radius 2 is 1.97 bits per heavy atom. The van der Waals surface area contributed by atoms with Crippen LogP contribution in [0.1, 0.15) is 44.1 Å². The molecule has 8 nitrogen and oxygen atoms in total. The molecule has 3 N–H and O–H groups in total. The highest BCUT2D eigenvalue weighted by Gasteiger charge is 2.52. The Morgan fingerprint density at radius 1 is 1.27 bits per heavy atom. The second-order valence-electron chi connectivity index (χ2n) is 9.56. The van der Waals surface area contributed by atoms with Crippen molar-refractivity contribution in [2.45, 2.75) is 45.3 Å². The Bertz CT molecular complexity index is 1180. The highest BCUT2D eigenvalue weighted by molar-refractivity contribution is 5.89. The van der Waals surface area contributed by atoms with Crippen molar-refractivity contribution in [2.24, 2.45) is 11.8 Å². The lowest BCUT2D eigenvalue weighted by Crippen LogP contribution is -2.63. The number of hydrogen-bond acceptors (Lipinski definition) is 6. The van der Waals surface area contributed by atoms with E-state index in [1.165, 1.54) is 12.1 Å². The number of aromatic nitrogens is 2. The lowest BCUT2D eigenvalue weighted by atomic mass is 9.89. The Balaban J connectivity index is 1.24. The van der Waals surface area contributed by atoms with E-state index in [9.17, 15) is 14.3 Å². The molecular weight excluding hydrogens is 425 g/mol. The van der Waals surface area contributed by atoms with Crippen molar-refractivity contribution in [3.63, 3.8) is 0 Å². The van der Waals surface area contributed by atoms with Crippen LogP contribution in [0.25, 0.3) is 11.0 Å². The largest absolute Gasteiger partial charge is 0.459 e. The summed E-state index contributed by atoms with van der Waals surface area (Å²) < 4.78 is 19.6. The number of carbonyl (C=O) groups is 1. The van der Waals surface area contributed by atoms with E-state index in [4.69, 9.17) is 4.42 Å². The molecule has 1 aliphatic carbocycles. The number of nitrogens with zero attached hydrogens (tertiary/aromatic N) is 3. The number of halogens is 1. The number of aliphatic hydroxyl groups is 1. The molecule has 1 aliphatic heterocycles. The summed E-state index contributed by atoms with van der Waals surface area (Å²) in [6, 6.07) is 3.58. The number of urea groups is 1. The fourth-order valence-electron chi connectivity index (χ4n) is 4.54. The van der Waals surface area contributed by atoms with Gasteiger partial charge in [0, 0.05) is 10.9 Å². The van der Waals surface area contributed by atoms with Gasteiger partial charge in [-0.1, -0.05) is 13.8 Å². The van der Waals surface area contributed by atoms with E-state index in [0.717, 1.165) is 18.4 Å². The smallest absolute Gasteiger partial charge is 0.319 e. The Morgan fingerprint density at radius 3 is 2.61 bits per heavy atom. The van der Waals surface area contributed by atoms with Gasteiger partial charge in [0.1, 0.15) is 22.8 Å². The van der Waals surface area contributed by atoms with Gasteiger partial charge in [0.25, 0.3) is 0 Å². The molecule has 174 valence electrons. The molecule has 5 rings (SSSR count). The average Bonchev–Trinajstić information content (AvgIpc) is 3.56. The number of fused-ring (bicyclic) bond motifs is 1. The third kappa shape index (κ3) is 4.13. The normalized spacial score (nSPS) is 18.3. The lowest BCUT2D eigenvalue weighted by Gasteiger charge is -2.46. The van der Waals surface area contributed by atoms with Gasteiger partial charge in [-0.2, -0.15) is 0 Å². The van der Waals surface area contributed by atoms with Crippen molar-refractivity contribution in [3.8, 4) is 0 Å². The van der Waals surface area contributed by atoms with E-state index < -0.39 is 17.7 Å². The molecule has 0 unspecified atom stereocenters. The van der Waals surface area contributed by atoms with Crippen molar-refractivity contribution in [2.75, 3.05) is 23.3 Å². The van der Waals surface area contributed by atoms with Crippen LogP contribution < -0.4 is 15.5 Å². The second kappa shape index (κ2) is 7.98. The van der Waals surface area contributed by atoms with Gasteiger partial charge >= 0.3 is 6.03 Å². The average molecular weight is 454 g/mol. The molecule has 2 aromatic heterocycles. The van der Waals surface area contributed by atoms with Gasteiger partial charge in [-0.05, 0) is 49.8 Å². The number of amides is 2. The van der Waals surface area contributed by atoms with Crippen molar-refractivity contribution in [3.05, 3.63) is 47.7 Å². The van der Waals surface area contributed by atoms with Gasteiger partial charge < -0.3 is 25.1 Å². The van der Waals surface area contributed by atoms with Crippen LogP contribution in [0, 0.1) is 24.6 Å². The van der Waals surface area contributed by atoms with Crippen molar-refractivity contribution < 1.29 is 18.7 Å². The molecule has 0 spiro atoms. The zero-order valence-corrected chi connectivity index (χ0v) is 18.9. The molecule has 1 atom stereocenters. The molecule has 2 fully saturated rings. The highest BCUT2D eigenvalue weighted by atomic mass is 19.1. The molecule has 2 aliphatic rings. The van der Waals surface area contributed by atoms with Crippen LogP contribution in [0.2, 0.25) is 0 Å². The number of anilines is 2.